The van der Waals surface area contributed by atoms with E-state index in [0.717, 1.165) is 5.56 Å². The first-order valence-corrected chi connectivity index (χ1v) is 8.69. The molecular weight excluding hydrogens is 346 g/mol. The molecule has 2 heterocycles. The number of benzene rings is 1. The summed E-state index contributed by atoms with van der Waals surface area (Å²) >= 11 is 0. The minimum atomic E-state index is -0.470. The summed E-state index contributed by atoms with van der Waals surface area (Å²) in [5.41, 5.74) is 3.00. The number of aryl methyl sites for hydroxylation is 2. The minimum Gasteiger partial charge on any atom is -0.462 e. The van der Waals surface area contributed by atoms with Crippen molar-refractivity contribution < 1.29 is 14.3 Å². The standard InChI is InChI=1S/C20H21N3O4/c1-5-27-20(26)16-12(3)18(22-13(16)4)15(24)9-23-10-21-17-11(2)7-6-8-14(17)19(23)25/h6-8,10,22H,5,9H2,1-4H3. The normalized spacial score (nSPS) is 11.0. The predicted molar refractivity (Wildman–Crippen MR) is 101 cm³/mol. The smallest absolute Gasteiger partial charge is 0.340 e. The van der Waals surface area contributed by atoms with Gasteiger partial charge in [0.05, 0.1) is 41.6 Å². The van der Waals surface area contributed by atoms with Crippen LogP contribution in [0, 0.1) is 20.8 Å². The van der Waals surface area contributed by atoms with Crippen molar-refractivity contribution in [1.82, 2.24) is 14.5 Å². The maximum absolute atomic E-state index is 12.8. The zero-order valence-electron chi connectivity index (χ0n) is 15.8. The Balaban J connectivity index is 1.96. The van der Waals surface area contributed by atoms with E-state index in [-0.39, 0.29) is 24.5 Å². The fourth-order valence-electron chi connectivity index (χ4n) is 3.22. The molecule has 0 aliphatic heterocycles. The van der Waals surface area contributed by atoms with Gasteiger partial charge in [0.15, 0.2) is 5.78 Å². The molecule has 7 heteroatoms. The summed E-state index contributed by atoms with van der Waals surface area (Å²) in [7, 11) is 0. The second-order valence-electron chi connectivity index (χ2n) is 6.42. The van der Waals surface area contributed by atoms with E-state index in [0.29, 0.717) is 33.4 Å². The molecule has 0 atom stereocenters. The second-order valence-corrected chi connectivity index (χ2v) is 6.42. The molecule has 0 bridgehead atoms. The zero-order valence-corrected chi connectivity index (χ0v) is 15.8. The van der Waals surface area contributed by atoms with Crippen molar-refractivity contribution in [2.45, 2.75) is 34.2 Å². The van der Waals surface area contributed by atoms with Crippen LogP contribution in [-0.4, -0.2) is 32.9 Å². The van der Waals surface area contributed by atoms with Gasteiger partial charge in [-0.25, -0.2) is 9.78 Å². The lowest BCUT2D eigenvalue weighted by Crippen LogP contribution is -2.25. The highest BCUT2D eigenvalue weighted by atomic mass is 16.5. The van der Waals surface area contributed by atoms with Crippen molar-refractivity contribution >= 4 is 22.7 Å². The maximum Gasteiger partial charge on any atom is 0.340 e. The molecule has 0 saturated carbocycles. The number of esters is 1. The molecule has 0 saturated heterocycles. The number of nitrogens with one attached hydrogen (secondary N) is 1. The lowest BCUT2D eigenvalue weighted by atomic mass is 10.1. The maximum atomic E-state index is 12.8. The first-order valence-electron chi connectivity index (χ1n) is 8.69. The molecule has 0 amide bonds. The van der Waals surface area contributed by atoms with Crippen molar-refractivity contribution in [2.75, 3.05) is 6.61 Å². The summed E-state index contributed by atoms with van der Waals surface area (Å²) in [5.74, 6) is -0.773. The van der Waals surface area contributed by atoms with Gasteiger partial charge in [0.1, 0.15) is 0 Å². The van der Waals surface area contributed by atoms with Crippen molar-refractivity contribution in [3.8, 4) is 0 Å². The average molecular weight is 367 g/mol. The fourth-order valence-corrected chi connectivity index (χ4v) is 3.22. The lowest BCUT2D eigenvalue weighted by Gasteiger charge is -2.07. The van der Waals surface area contributed by atoms with Gasteiger partial charge in [-0.1, -0.05) is 12.1 Å². The Morgan fingerprint density at radius 2 is 1.96 bits per heavy atom. The SMILES string of the molecule is CCOC(=O)c1c(C)[nH]c(C(=O)Cn2cnc3c(C)cccc3c2=O)c1C. The van der Waals surface area contributed by atoms with Crippen LogP contribution in [0.1, 0.15) is 44.6 Å². The Labute approximate surface area is 156 Å². The number of aromatic amines is 1. The molecule has 140 valence electrons. The number of carbonyl (C=O) groups is 2. The highest BCUT2D eigenvalue weighted by molar-refractivity contribution is 6.01. The molecule has 0 aliphatic rings. The van der Waals surface area contributed by atoms with E-state index < -0.39 is 5.97 Å². The highest BCUT2D eigenvalue weighted by Gasteiger charge is 2.23. The molecule has 0 radical (unpaired) electrons. The third kappa shape index (κ3) is 3.28. The summed E-state index contributed by atoms with van der Waals surface area (Å²) in [5, 5.41) is 0.469. The Kier molecular flexibility index (Phi) is 4.94. The third-order valence-corrected chi connectivity index (χ3v) is 4.57. The molecule has 0 spiro atoms. The van der Waals surface area contributed by atoms with Crippen molar-refractivity contribution in [1.29, 1.82) is 0 Å². The number of ether oxygens (including phenoxy) is 1. The molecule has 27 heavy (non-hydrogen) atoms. The summed E-state index contributed by atoms with van der Waals surface area (Å²) in [4.78, 5) is 44.8. The number of para-hydroxylation sites is 1. The molecular formula is C20H21N3O4. The van der Waals surface area contributed by atoms with Crippen molar-refractivity contribution in [3.05, 3.63) is 63.0 Å². The van der Waals surface area contributed by atoms with E-state index in [1.807, 2.05) is 13.0 Å². The number of nitrogens with zero attached hydrogens (tertiary/aromatic N) is 2. The van der Waals surface area contributed by atoms with E-state index in [1.54, 1.807) is 32.9 Å². The predicted octanol–water partition coefficient (Wildman–Crippen LogP) is 2.71. The molecule has 2 aromatic heterocycles. The van der Waals surface area contributed by atoms with Gasteiger partial charge in [0.25, 0.3) is 5.56 Å². The number of carbonyl (C=O) groups excluding carboxylic acids is 2. The van der Waals surface area contributed by atoms with Gasteiger partial charge in [-0.3, -0.25) is 14.2 Å². The van der Waals surface area contributed by atoms with Gasteiger partial charge >= 0.3 is 5.97 Å². The number of ketones is 1. The van der Waals surface area contributed by atoms with Gasteiger partial charge in [0.2, 0.25) is 0 Å². The Morgan fingerprint density at radius 3 is 2.67 bits per heavy atom. The van der Waals surface area contributed by atoms with Gasteiger partial charge in [-0.15, -0.1) is 0 Å². The molecule has 1 N–H and O–H groups in total. The van der Waals surface area contributed by atoms with Crippen LogP contribution in [0.25, 0.3) is 10.9 Å². The molecule has 1 aromatic carbocycles. The number of rotatable bonds is 5. The topological polar surface area (TPSA) is 94.1 Å². The van der Waals surface area contributed by atoms with Gasteiger partial charge < -0.3 is 9.72 Å². The number of hydrogen-bond acceptors (Lipinski definition) is 5. The first-order chi connectivity index (χ1) is 12.8. The van der Waals surface area contributed by atoms with Crippen LogP contribution in [0.5, 0.6) is 0 Å². The molecule has 3 aromatic rings. The molecule has 0 fully saturated rings. The summed E-state index contributed by atoms with van der Waals surface area (Å²) in [6.45, 7) is 7.09. The van der Waals surface area contributed by atoms with Crippen LogP contribution >= 0.6 is 0 Å². The van der Waals surface area contributed by atoms with Crippen molar-refractivity contribution in [3.63, 3.8) is 0 Å². The molecule has 7 nitrogen and oxygen atoms in total. The number of H-pyrrole nitrogens is 1. The summed E-state index contributed by atoms with van der Waals surface area (Å²) < 4.78 is 6.33. The van der Waals surface area contributed by atoms with Gasteiger partial charge in [-0.05, 0) is 44.9 Å². The van der Waals surface area contributed by atoms with Gasteiger partial charge in [-0.2, -0.15) is 0 Å². The highest BCUT2D eigenvalue weighted by Crippen LogP contribution is 2.20. The van der Waals surface area contributed by atoms with Crippen molar-refractivity contribution in [2.24, 2.45) is 0 Å². The van der Waals surface area contributed by atoms with Crippen LogP contribution in [0.4, 0.5) is 0 Å². The minimum absolute atomic E-state index is 0.168. The first kappa shape index (κ1) is 18.6. The molecule has 3 rings (SSSR count). The summed E-state index contributed by atoms with van der Waals surface area (Å²) in [6.07, 6.45) is 1.38. The molecule has 0 unspecified atom stereocenters. The van der Waals surface area contributed by atoms with Crippen LogP contribution < -0.4 is 5.56 Å². The van der Waals surface area contributed by atoms with E-state index in [9.17, 15) is 14.4 Å². The number of fused-ring (bicyclic) bond motifs is 1. The monoisotopic (exact) mass is 367 g/mol. The Hall–Kier alpha value is -3.22. The second kappa shape index (κ2) is 7.19. The zero-order chi connectivity index (χ0) is 19.7. The quantitative estimate of drug-likeness (QED) is 0.553. The van der Waals surface area contributed by atoms with Crippen LogP contribution in [0.3, 0.4) is 0 Å². The number of aromatic nitrogens is 3. The van der Waals surface area contributed by atoms with E-state index in [2.05, 4.69) is 9.97 Å². The average Bonchev–Trinajstić information content (AvgIpc) is 2.92. The molecule has 0 aliphatic carbocycles. The Morgan fingerprint density at radius 1 is 1.22 bits per heavy atom. The van der Waals surface area contributed by atoms with Crippen LogP contribution in [0.15, 0.2) is 29.3 Å². The summed E-state index contributed by atoms with van der Waals surface area (Å²) in [6, 6.07) is 5.37. The van der Waals surface area contributed by atoms with Crippen LogP contribution in [0.2, 0.25) is 0 Å². The number of hydrogen-bond donors (Lipinski definition) is 1. The lowest BCUT2D eigenvalue weighted by molar-refractivity contribution is 0.0525. The van der Waals surface area contributed by atoms with E-state index in [1.165, 1.54) is 10.9 Å². The van der Waals surface area contributed by atoms with Crippen LogP contribution in [-0.2, 0) is 11.3 Å². The van der Waals surface area contributed by atoms with Gasteiger partial charge in [0, 0.05) is 5.69 Å². The third-order valence-electron chi connectivity index (χ3n) is 4.57. The Bertz CT molecular complexity index is 1110. The van der Waals surface area contributed by atoms with E-state index in [4.69, 9.17) is 4.74 Å². The fraction of sp³-hybridized carbons (Fsp3) is 0.300. The van der Waals surface area contributed by atoms with E-state index >= 15 is 0 Å². The number of Topliss-reactive ketones (excluding diaryl/α,β-unsaturated/α-hetero) is 1. The largest absolute Gasteiger partial charge is 0.462 e.